The third kappa shape index (κ3) is 4.34. The average molecular weight is 434 g/mol. The SMILES string of the molecule is CC1CCN(c2nc3ccccn3c(=O)c2/C=N\NC(=O)c2cccc([N+](=O)[O-])c2)CC1. The number of aromatic nitrogens is 2. The van der Waals surface area contributed by atoms with E-state index in [4.69, 9.17) is 0 Å². The van der Waals surface area contributed by atoms with E-state index >= 15 is 0 Å². The molecule has 164 valence electrons. The van der Waals surface area contributed by atoms with Gasteiger partial charge in [0.05, 0.1) is 11.1 Å². The van der Waals surface area contributed by atoms with Crippen molar-refractivity contribution >= 4 is 29.3 Å². The van der Waals surface area contributed by atoms with E-state index in [0.717, 1.165) is 32.0 Å². The lowest BCUT2D eigenvalue weighted by Crippen LogP contribution is -2.36. The van der Waals surface area contributed by atoms with Gasteiger partial charge in [0, 0.05) is 37.0 Å². The smallest absolute Gasteiger partial charge is 0.271 e. The summed E-state index contributed by atoms with van der Waals surface area (Å²) in [6.07, 6.45) is 4.91. The van der Waals surface area contributed by atoms with Crippen LogP contribution in [0.2, 0.25) is 0 Å². The summed E-state index contributed by atoms with van der Waals surface area (Å²) in [5.74, 6) is 0.521. The molecule has 0 aliphatic carbocycles. The van der Waals surface area contributed by atoms with Gasteiger partial charge >= 0.3 is 0 Å². The van der Waals surface area contributed by atoms with Crippen molar-refractivity contribution in [3.63, 3.8) is 0 Å². The number of non-ortho nitro benzene ring substituents is 1. The summed E-state index contributed by atoms with van der Waals surface area (Å²) in [5.41, 5.74) is 2.74. The highest BCUT2D eigenvalue weighted by molar-refractivity contribution is 5.96. The molecule has 10 nitrogen and oxygen atoms in total. The predicted octanol–water partition coefficient (Wildman–Crippen LogP) is 2.60. The first-order chi connectivity index (χ1) is 15.4. The van der Waals surface area contributed by atoms with Gasteiger partial charge in [0.15, 0.2) is 0 Å². The Balaban J connectivity index is 1.64. The number of hydrogen-bond donors (Lipinski definition) is 1. The molecule has 0 saturated carbocycles. The van der Waals surface area contributed by atoms with E-state index in [1.165, 1.54) is 28.8 Å². The summed E-state index contributed by atoms with van der Waals surface area (Å²) >= 11 is 0. The van der Waals surface area contributed by atoms with Crippen molar-refractivity contribution in [1.29, 1.82) is 0 Å². The van der Waals surface area contributed by atoms with Crippen LogP contribution < -0.4 is 15.9 Å². The molecule has 2 aromatic heterocycles. The zero-order valence-electron chi connectivity index (χ0n) is 17.5. The molecule has 10 heteroatoms. The summed E-state index contributed by atoms with van der Waals surface area (Å²) in [6, 6.07) is 10.7. The molecule has 1 aliphatic rings. The second-order valence-electron chi connectivity index (χ2n) is 7.76. The molecule has 1 fully saturated rings. The number of fused-ring (bicyclic) bond motifs is 1. The molecule has 3 aromatic rings. The Labute approximate surface area is 183 Å². The summed E-state index contributed by atoms with van der Waals surface area (Å²) in [5, 5.41) is 14.9. The van der Waals surface area contributed by atoms with Crippen molar-refractivity contribution in [2.45, 2.75) is 19.8 Å². The number of nitro benzene ring substituents is 1. The Kier molecular flexibility index (Phi) is 5.93. The highest BCUT2D eigenvalue weighted by atomic mass is 16.6. The number of benzene rings is 1. The minimum absolute atomic E-state index is 0.0925. The molecule has 1 aliphatic heterocycles. The van der Waals surface area contributed by atoms with Gasteiger partial charge in [-0.05, 0) is 37.0 Å². The van der Waals surface area contributed by atoms with Gasteiger partial charge in [-0.3, -0.25) is 24.1 Å². The second-order valence-corrected chi connectivity index (χ2v) is 7.76. The van der Waals surface area contributed by atoms with E-state index in [9.17, 15) is 19.7 Å². The normalized spacial score (nSPS) is 14.7. The van der Waals surface area contributed by atoms with Crippen LogP contribution in [0.15, 0.2) is 58.6 Å². The topological polar surface area (TPSA) is 122 Å². The predicted molar refractivity (Wildman–Crippen MR) is 120 cm³/mol. The molecule has 32 heavy (non-hydrogen) atoms. The number of carbonyl (C=O) groups excluding carboxylic acids is 1. The van der Waals surface area contributed by atoms with Crippen LogP contribution in [0.3, 0.4) is 0 Å². The maximum atomic E-state index is 13.1. The molecule has 4 rings (SSSR count). The minimum atomic E-state index is -0.618. The fourth-order valence-electron chi connectivity index (χ4n) is 3.65. The van der Waals surface area contributed by atoms with E-state index in [-0.39, 0.29) is 22.4 Å². The first kappa shape index (κ1) is 21.2. The summed E-state index contributed by atoms with van der Waals surface area (Å²) < 4.78 is 1.43. The van der Waals surface area contributed by atoms with Gasteiger partial charge in [0.25, 0.3) is 17.2 Å². The van der Waals surface area contributed by atoms with Crippen molar-refractivity contribution in [2.24, 2.45) is 11.0 Å². The summed E-state index contributed by atoms with van der Waals surface area (Å²) in [6.45, 7) is 3.75. The van der Waals surface area contributed by atoms with Gasteiger partial charge < -0.3 is 4.90 Å². The number of amides is 1. The quantitative estimate of drug-likeness (QED) is 0.374. The largest absolute Gasteiger partial charge is 0.356 e. The Bertz CT molecular complexity index is 1260. The number of nitrogens with zero attached hydrogens (tertiary/aromatic N) is 5. The van der Waals surface area contributed by atoms with Crippen LogP contribution >= 0.6 is 0 Å². The molecule has 1 N–H and O–H groups in total. The van der Waals surface area contributed by atoms with E-state index < -0.39 is 10.8 Å². The number of nitrogens with one attached hydrogen (secondary N) is 1. The monoisotopic (exact) mass is 434 g/mol. The number of carbonyl (C=O) groups is 1. The first-order valence-electron chi connectivity index (χ1n) is 10.3. The maximum absolute atomic E-state index is 13.1. The van der Waals surface area contributed by atoms with Crippen molar-refractivity contribution in [3.8, 4) is 0 Å². The molecule has 0 bridgehead atoms. The third-order valence-electron chi connectivity index (χ3n) is 5.51. The van der Waals surface area contributed by atoms with E-state index in [1.54, 1.807) is 18.3 Å². The zero-order valence-corrected chi connectivity index (χ0v) is 17.5. The van der Waals surface area contributed by atoms with Crippen LogP contribution in [0.5, 0.6) is 0 Å². The highest BCUT2D eigenvalue weighted by Gasteiger charge is 2.22. The van der Waals surface area contributed by atoms with Gasteiger partial charge in [-0.15, -0.1) is 0 Å². The summed E-state index contributed by atoms with van der Waals surface area (Å²) in [4.78, 5) is 42.6. The lowest BCUT2D eigenvalue weighted by atomic mass is 9.99. The number of piperidine rings is 1. The maximum Gasteiger partial charge on any atom is 0.271 e. The van der Waals surface area contributed by atoms with Gasteiger partial charge in [0.1, 0.15) is 17.0 Å². The minimum Gasteiger partial charge on any atom is -0.356 e. The molecular weight excluding hydrogens is 412 g/mol. The van der Waals surface area contributed by atoms with Crippen molar-refractivity contribution < 1.29 is 9.72 Å². The number of nitro groups is 1. The Morgan fingerprint density at radius 3 is 2.78 bits per heavy atom. The number of rotatable bonds is 5. The number of hydrogen-bond acceptors (Lipinski definition) is 7. The van der Waals surface area contributed by atoms with Gasteiger partial charge in [-0.1, -0.05) is 19.1 Å². The van der Waals surface area contributed by atoms with Crippen LogP contribution in [0.4, 0.5) is 11.5 Å². The fraction of sp³-hybridized carbons (Fsp3) is 0.273. The Morgan fingerprint density at radius 2 is 2.03 bits per heavy atom. The molecule has 1 saturated heterocycles. The molecule has 1 aromatic carbocycles. The molecule has 3 heterocycles. The number of hydrazone groups is 1. The second kappa shape index (κ2) is 8.96. The van der Waals surface area contributed by atoms with Gasteiger partial charge in [-0.2, -0.15) is 5.10 Å². The average Bonchev–Trinajstić information content (AvgIpc) is 2.81. The lowest BCUT2D eigenvalue weighted by Gasteiger charge is -2.32. The number of pyridine rings is 1. The first-order valence-corrected chi connectivity index (χ1v) is 10.3. The van der Waals surface area contributed by atoms with Gasteiger partial charge in [0.2, 0.25) is 0 Å². The standard InChI is InChI=1S/C22H22N6O4/c1-15-8-11-26(12-9-15)20-18(22(30)27-10-3-2-7-19(27)24-20)14-23-25-21(29)16-5-4-6-17(13-16)28(31)32/h2-7,10,13-15H,8-9,11-12H2,1H3,(H,25,29)/b23-14-. The van der Waals surface area contributed by atoms with Crippen molar-refractivity contribution in [3.05, 3.63) is 80.3 Å². The van der Waals surface area contributed by atoms with E-state index in [1.807, 2.05) is 6.07 Å². The van der Waals surface area contributed by atoms with Crippen molar-refractivity contribution in [2.75, 3.05) is 18.0 Å². The van der Waals surface area contributed by atoms with E-state index in [2.05, 4.69) is 27.3 Å². The van der Waals surface area contributed by atoms with Crippen molar-refractivity contribution in [1.82, 2.24) is 14.8 Å². The molecular formula is C22H22N6O4. The van der Waals surface area contributed by atoms with Crippen LogP contribution in [0, 0.1) is 16.0 Å². The Hall–Kier alpha value is -4.08. The Morgan fingerprint density at radius 1 is 1.25 bits per heavy atom. The van der Waals surface area contributed by atoms with Crippen LogP contribution in [0.1, 0.15) is 35.7 Å². The highest BCUT2D eigenvalue weighted by Crippen LogP contribution is 2.23. The molecule has 0 atom stereocenters. The van der Waals surface area contributed by atoms with Crippen LogP contribution in [0.25, 0.3) is 5.65 Å². The molecule has 1 amide bonds. The molecule has 0 unspecified atom stereocenters. The van der Waals surface area contributed by atoms with Crippen LogP contribution in [-0.2, 0) is 0 Å². The lowest BCUT2D eigenvalue weighted by molar-refractivity contribution is -0.384. The zero-order chi connectivity index (χ0) is 22.7. The van der Waals surface area contributed by atoms with Gasteiger partial charge in [-0.25, -0.2) is 10.4 Å². The summed E-state index contributed by atoms with van der Waals surface area (Å²) in [7, 11) is 0. The third-order valence-corrected chi connectivity index (χ3v) is 5.51. The van der Waals surface area contributed by atoms with E-state index in [0.29, 0.717) is 17.4 Å². The molecule has 0 spiro atoms. The number of anilines is 1. The van der Waals surface area contributed by atoms with Crippen LogP contribution in [-0.4, -0.2) is 39.5 Å². The molecule has 0 radical (unpaired) electrons. The fourth-order valence-corrected chi connectivity index (χ4v) is 3.65.